The Bertz CT molecular complexity index is 1260. The summed E-state index contributed by atoms with van der Waals surface area (Å²) in [5.74, 6) is -0.204. The first-order valence-electron chi connectivity index (χ1n) is 9.26. The number of nitrogens with zero attached hydrogens (tertiary/aromatic N) is 1. The lowest BCUT2D eigenvalue weighted by Crippen LogP contribution is -2.54. The molecule has 3 aromatic rings. The van der Waals surface area contributed by atoms with Crippen LogP contribution in [0.3, 0.4) is 0 Å². The van der Waals surface area contributed by atoms with Crippen molar-refractivity contribution in [3.05, 3.63) is 87.4 Å². The summed E-state index contributed by atoms with van der Waals surface area (Å²) < 4.78 is 6.10. The number of aromatic hydroxyl groups is 1. The van der Waals surface area contributed by atoms with E-state index in [2.05, 4.69) is 21.2 Å². The maximum absolute atomic E-state index is 13.2. The van der Waals surface area contributed by atoms with E-state index in [1.807, 2.05) is 30.3 Å². The number of carbonyl (C=O) groups is 2. The average molecular weight is 530 g/mol. The fourth-order valence-corrected chi connectivity index (χ4v) is 4.15. The minimum atomic E-state index is -0.671. The Morgan fingerprint density at radius 3 is 2.38 bits per heavy atom. The third kappa shape index (κ3) is 4.52. The molecule has 0 radical (unpaired) electrons. The summed E-state index contributed by atoms with van der Waals surface area (Å²) in [7, 11) is 0. The van der Waals surface area contributed by atoms with Crippen molar-refractivity contribution in [3.63, 3.8) is 0 Å². The third-order valence-corrected chi connectivity index (χ3v) is 5.64. The molecule has 0 spiro atoms. The van der Waals surface area contributed by atoms with E-state index in [0.29, 0.717) is 26.7 Å². The molecule has 0 unspecified atom stereocenters. The number of para-hydroxylation sites is 1. The van der Waals surface area contributed by atoms with Crippen LogP contribution in [0, 0.1) is 0 Å². The van der Waals surface area contributed by atoms with Gasteiger partial charge in [0.1, 0.15) is 22.8 Å². The molecule has 160 valence electrons. The summed E-state index contributed by atoms with van der Waals surface area (Å²) in [4.78, 5) is 26.8. The first-order chi connectivity index (χ1) is 15.3. The molecule has 0 atom stereocenters. The van der Waals surface area contributed by atoms with Gasteiger partial charge in [-0.1, -0.05) is 29.8 Å². The quantitative estimate of drug-likeness (QED) is 0.268. The van der Waals surface area contributed by atoms with Crippen LogP contribution in [0.2, 0.25) is 5.02 Å². The standard InChI is InChI=1S/C23H14BrClN2O4S/c24-19-12-14(25)10-13(20(19)28)11-18-21(29)26-23(32)27(22(18)30)15-6-8-17(9-7-15)31-16-4-2-1-3-5-16/h1-12,28H,(H,26,29,32). The lowest BCUT2D eigenvalue weighted by atomic mass is 10.1. The largest absolute Gasteiger partial charge is 0.506 e. The van der Waals surface area contributed by atoms with Crippen molar-refractivity contribution in [2.45, 2.75) is 0 Å². The van der Waals surface area contributed by atoms with Crippen LogP contribution in [0.25, 0.3) is 6.08 Å². The highest BCUT2D eigenvalue weighted by atomic mass is 79.9. The molecule has 2 amide bonds. The number of carbonyl (C=O) groups excluding carboxylic acids is 2. The van der Waals surface area contributed by atoms with Gasteiger partial charge in [-0.25, -0.2) is 0 Å². The average Bonchev–Trinajstić information content (AvgIpc) is 2.76. The molecule has 0 aliphatic carbocycles. The van der Waals surface area contributed by atoms with E-state index in [-0.39, 0.29) is 22.0 Å². The number of amides is 2. The van der Waals surface area contributed by atoms with Gasteiger partial charge < -0.3 is 9.84 Å². The molecular formula is C23H14BrClN2O4S. The SMILES string of the molecule is O=C1NC(=S)N(c2ccc(Oc3ccccc3)cc2)C(=O)C1=Cc1cc(Cl)cc(Br)c1O. The molecule has 0 saturated carbocycles. The maximum Gasteiger partial charge on any atom is 0.270 e. The number of phenols is 1. The zero-order chi connectivity index (χ0) is 22.8. The van der Waals surface area contributed by atoms with Gasteiger partial charge in [-0.05, 0) is 82.8 Å². The van der Waals surface area contributed by atoms with Crippen LogP contribution in [-0.4, -0.2) is 22.0 Å². The zero-order valence-electron chi connectivity index (χ0n) is 16.2. The summed E-state index contributed by atoms with van der Waals surface area (Å²) in [5.41, 5.74) is 0.456. The normalized spacial score (nSPS) is 15.1. The number of anilines is 1. The van der Waals surface area contributed by atoms with Crippen molar-refractivity contribution in [1.29, 1.82) is 0 Å². The van der Waals surface area contributed by atoms with E-state index < -0.39 is 11.8 Å². The predicted molar refractivity (Wildman–Crippen MR) is 130 cm³/mol. The molecule has 1 aliphatic heterocycles. The van der Waals surface area contributed by atoms with E-state index in [9.17, 15) is 14.7 Å². The zero-order valence-corrected chi connectivity index (χ0v) is 19.4. The first-order valence-corrected chi connectivity index (χ1v) is 10.8. The third-order valence-electron chi connectivity index (χ3n) is 4.53. The predicted octanol–water partition coefficient (Wildman–Crippen LogP) is 5.43. The molecule has 0 aromatic heterocycles. The Labute approximate surface area is 202 Å². The smallest absolute Gasteiger partial charge is 0.270 e. The molecule has 1 fully saturated rings. The summed E-state index contributed by atoms with van der Waals surface area (Å²) >= 11 is 14.4. The second-order valence-electron chi connectivity index (χ2n) is 6.69. The fourth-order valence-electron chi connectivity index (χ4n) is 3.03. The number of rotatable bonds is 4. The second-order valence-corrected chi connectivity index (χ2v) is 8.37. The van der Waals surface area contributed by atoms with Crippen LogP contribution in [0.1, 0.15) is 5.56 Å². The van der Waals surface area contributed by atoms with Crippen molar-refractivity contribution in [3.8, 4) is 17.2 Å². The van der Waals surface area contributed by atoms with E-state index >= 15 is 0 Å². The summed E-state index contributed by atoms with van der Waals surface area (Å²) in [6, 6.07) is 18.9. The Hall–Kier alpha value is -3.20. The molecule has 3 aromatic carbocycles. The highest BCUT2D eigenvalue weighted by Gasteiger charge is 2.34. The van der Waals surface area contributed by atoms with E-state index in [1.165, 1.54) is 23.1 Å². The van der Waals surface area contributed by atoms with Gasteiger partial charge >= 0.3 is 0 Å². The van der Waals surface area contributed by atoms with Gasteiger partial charge in [-0.2, -0.15) is 0 Å². The van der Waals surface area contributed by atoms with E-state index in [4.69, 9.17) is 28.6 Å². The van der Waals surface area contributed by atoms with Gasteiger partial charge in [-0.15, -0.1) is 0 Å². The lowest BCUT2D eigenvalue weighted by Gasteiger charge is -2.29. The maximum atomic E-state index is 13.2. The van der Waals surface area contributed by atoms with Gasteiger partial charge in [0.05, 0.1) is 10.2 Å². The molecule has 4 rings (SSSR count). The van der Waals surface area contributed by atoms with E-state index in [1.54, 1.807) is 24.3 Å². The van der Waals surface area contributed by atoms with Crippen LogP contribution < -0.4 is 15.0 Å². The number of phenolic OH excluding ortho intramolecular Hbond substituents is 1. The van der Waals surface area contributed by atoms with Crippen molar-refractivity contribution >= 4 is 68.4 Å². The fraction of sp³-hybridized carbons (Fsp3) is 0. The van der Waals surface area contributed by atoms with Crippen molar-refractivity contribution in [2.75, 3.05) is 4.90 Å². The molecule has 6 nitrogen and oxygen atoms in total. The van der Waals surface area contributed by atoms with E-state index in [0.717, 1.165) is 0 Å². The molecule has 1 aliphatic rings. The van der Waals surface area contributed by atoms with Gasteiger partial charge in [0.2, 0.25) is 0 Å². The van der Waals surface area contributed by atoms with Gasteiger partial charge in [0, 0.05) is 10.6 Å². The Balaban J connectivity index is 1.64. The topological polar surface area (TPSA) is 78.9 Å². The number of halogens is 2. The van der Waals surface area contributed by atoms with Crippen LogP contribution in [0.4, 0.5) is 5.69 Å². The second kappa shape index (κ2) is 9.12. The molecule has 9 heteroatoms. The van der Waals surface area contributed by atoms with Crippen molar-refractivity contribution < 1.29 is 19.4 Å². The number of thiocarbonyl (C=S) groups is 1. The highest BCUT2D eigenvalue weighted by molar-refractivity contribution is 9.10. The minimum Gasteiger partial charge on any atom is -0.506 e. The Morgan fingerprint density at radius 2 is 1.69 bits per heavy atom. The van der Waals surface area contributed by atoms with Crippen LogP contribution >= 0.6 is 39.7 Å². The molecular weight excluding hydrogens is 516 g/mol. The Kier molecular flexibility index (Phi) is 6.27. The summed E-state index contributed by atoms with van der Waals surface area (Å²) in [5, 5.41) is 13.0. The number of ether oxygens (including phenoxy) is 1. The summed E-state index contributed by atoms with van der Waals surface area (Å²) in [6.45, 7) is 0. The summed E-state index contributed by atoms with van der Waals surface area (Å²) in [6.07, 6.45) is 1.27. The highest BCUT2D eigenvalue weighted by Crippen LogP contribution is 2.34. The van der Waals surface area contributed by atoms with Crippen LogP contribution in [0.15, 0.2) is 76.8 Å². The molecule has 2 N–H and O–H groups in total. The number of nitrogens with one attached hydrogen (secondary N) is 1. The number of hydrogen-bond acceptors (Lipinski definition) is 5. The van der Waals surface area contributed by atoms with Crippen molar-refractivity contribution in [2.24, 2.45) is 0 Å². The number of hydrogen-bond donors (Lipinski definition) is 2. The Morgan fingerprint density at radius 1 is 1.03 bits per heavy atom. The van der Waals surface area contributed by atoms with Gasteiger partial charge in [0.25, 0.3) is 11.8 Å². The van der Waals surface area contributed by atoms with Crippen LogP contribution in [-0.2, 0) is 9.59 Å². The molecule has 1 heterocycles. The van der Waals surface area contributed by atoms with Gasteiger partial charge in [-0.3, -0.25) is 19.8 Å². The molecule has 0 bridgehead atoms. The first kappa shape index (κ1) is 22.0. The monoisotopic (exact) mass is 528 g/mol. The van der Waals surface area contributed by atoms with Crippen molar-refractivity contribution in [1.82, 2.24) is 5.32 Å². The van der Waals surface area contributed by atoms with Gasteiger partial charge in [0.15, 0.2) is 5.11 Å². The minimum absolute atomic E-state index is 0.0506. The lowest BCUT2D eigenvalue weighted by molar-refractivity contribution is -0.122. The molecule has 1 saturated heterocycles. The number of benzene rings is 3. The van der Waals surface area contributed by atoms with Crippen LogP contribution in [0.5, 0.6) is 17.2 Å². The molecule has 32 heavy (non-hydrogen) atoms.